The highest BCUT2D eigenvalue weighted by Crippen LogP contribution is 2.31. The molecule has 1 aromatic rings. The Morgan fingerprint density at radius 3 is 3.21 bits per heavy atom. The van der Waals surface area contributed by atoms with Crippen LogP contribution in [0.2, 0.25) is 0 Å². The Morgan fingerprint density at radius 2 is 2.43 bits per heavy atom. The van der Waals surface area contributed by atoms with Crippen molar-refractivity contribution in [2.75, 3.05) is 17.6 Å². The molecular formula is C10H12N2OS. The van der Waals surface area contributed by atoms with Crippen LogP contribution in [-0.2, 0) is 11.2 Å². The molecule has 74 valence electrons. The molecule has 3 nitrogen and oxygen atoms in total. The van der Waals surface area contributed by atoms with Crippen LogP contribution in [0.3, 0.4) is 0 Å². The summed E-state index contributed by atoms with van der Waals surface area (Å²) in [4.78, 5) is 12.0. The van der Waals surface area contributed by atoms with Crippen LogP contribution in [0.5, 0.6) is 0 Å². The predicted octanol–water partition coefficient (Wildman–Crippen LogP) is 1.23. The van der Waals surface area contributed by atoms with E-state index in [0.29, 0.717) is 6.42 Å². The molecular weight excluding hydrogens is 196 g/mol. The quantitative estimate of drug-likeness (QED) is 0.768. The van der Waals surface area contributed by atoms with Crippen LogP contribution in [0, 0.1) is 0 Å². The Balaban J connectivity index is 2.24. The minimum absolute atomic E-state index is 0.279. The fraction of sp³-hybridized carbons (Fsp3) is 0.300. The first-order chi connectivity index (χ1) is 6.75. The van der Waals surface area contributed by atoms with Crippen molar-refractivity contribution in [1.29, 1.82) is 0 Å². The first-order valence-corrected chi connectivity index (χ1v) is 5.52. The molecule has 0 saturated heterocycles. The number of carbonyl (C=O) groups is 1. The summed E-state index contributed by atoms with van der Waals surface area (Å²) in [5, 5.41) is 3.31. The zero-order valence-corrected chi connectivity index (χ0v) is 8.56. The second-order valence-electron chi connectivity index (χ2n) is 3.25. The summed E-state index contributed by atoms with van der Waals surface area (Å²) < 4.78 is 0. The first-order valence-electron chi connectivity index (χ1n) is 4.53. The van der Waals surface area contributed by atoms with Crippen LogP contribution >= 0.6 is 11.8 Å². The van der Waals surface area contributed by atoms with Crippen LogP contribution in [0.15, 0.2) is 23.1 Å². The van der Waals surface area contributed by atoms with Gasteiger partial charge in [-0.25, -0.2) is 0 Å². The Bertz CT molecular complexity index is 365. The average Bonchev–Trinajstić information content (AvgIpc) is 2.17. The normalized spacial score (nSPS) is 14.3. The van der Waals surface area contributed by atoms with Crippen molar-refractivity contribution in [3.63, 3.8) is 0 Å². The second-order valence-corrected chi connectivity index (χ2v) is 4.39. The highest BCUT2D eigenvalue weighted by molar-refractivity contribution is 7.99. The predicted molar refractivity (Wildman–Crippen MR) is 58.6 cm³/mol. The van der Waals surface area contributed by atoms with E-state index in [2.05, 4.69) is 5.32 Å². The van der Waals surface area contributed by atoms with E-state index < -0.39 is 0 Å². The third kappa shape index (κ3) is 2.01. The van der Waals surface area contributed by atoms with Crippen molar-refractivity contribution in [1.82, 2.24) is 0 Å². The number of benzene rings is 1. The van der Waals surface area contributed by atoms with Crippen molar-refractivity contribution in [3.8, 4) is 0 Å². The molecule has 0 aliphatic carbocycles. The lowest BCUT2D eigenvalue weighted by molar-refractivity contribution is -0.117. The van der Waals surface area contributed by atoms with Gasteiger partial charge in [-0.15, -0.1) is 11.8 Å². The average molecular weight is 208 g/mol. The SMILES string of the molecule is NC(=O)Cc1ccc2c(c1)SCCN2. The maximum Gasteiger partial charge on any atom is 0.221 e. The molecule has 0 saturated carbocycles. The number of nitrogens with two attached hydrogens (primary N) is 1. The van der Waals surface area contributed by atoms with E-state index in [1.165, 1.54) is 4.90 Å². The van der Waals surface area contributed by atoms with Gasteiger partial charge in [0.15, 0.2) is 0 Å². The summed E-state index contributed by atoms with van der Waals surface area (Å²) in [7, 11) is 0. The Labute approximate surface area is 87.1 Å². The van der Waals surface area contributed by atoms with E-state index in [9.17, 15) is 4.79 Å². The standard InChI is InChI=1S/C10H12N2OS/c11-10(13)6-7-1-2-8-9(5-7)14-4-3-12-8/h1-2,5,12H,3-4,6H2,(H2,11,13). The Hall–Kier alpha value is -1.16. The number of anilines is 1. The number of carbonyl (C=O) groups excluding carboxylic acids is 1. The van der Waals surface area contributed by atoms with Gasteiger partial charge in [0.25, 0.3) is 0 Å². The van der Waals surface area contributed by atoms with Crippen LogP contribution in [0.1, 0.15) is 5.56 Å². The summed E-state index contributed by atoms with van der Waals surface area (Å²) in [5.74, 6) is 0.797. The zero-order chi connectivity index (χ0) is 9.97. The molecule has 0 unspecified atom stereocenters. The molecule has 0 atom stereocenters. The maximum atomic E-state index is 10.7. The van der Waals surface area contributed by atoms with E-state index in [1.807, 2.05) is 30.0 Å². The van der Waals surface area contributed by atoms with Gasteiger partial charge in [0.1, 0.15) is 0 Å². The molecule has 1 aliphatic rings. The zero-order valence-electron chi connectivity index (χ0n) is 7.75. The molecule has 1 heterocycles. The van der Waals surface area contributed by atoms with Crippen molar-refractivity contribution in [2.24, 2.45) is 5.73 Å². The lowest BCUT2D eigenvalue weighted by Crippen LogP contribution is -2.14. The molecule has 1 aliphatic heterocycles. The topological polar surface area (TPSA) is 55.1 Å². The summed E-state index contributed by atoms with van der Waals surface area (Å²) in [5.41, 5.74) is 7.29. The van der Waals surface area contributed by atoms with E-state index >= 15 is 0 Å². The van der Waals surface area contributed by atoms with Gasteiger partial charge in [-0.1, -0.05) is 6.07 Å². The maximum absolute atomic E-state index is 10.7. The molecule has 0 bridgehead atoms. The third-order valence-electron chi connectivity index (χ3n) is 2.10. The molecule has 1 amide bonds. The van der Waals surface area contributed by atoms with Crippen LogP contribution in [-0.4, -0.2) is 18.2 Å². The van der Waals surface area contributed by atoms with Crippen molar-refractivity contribution in [2.45, 2.75) is 11.3 Å². The van der Waals surface area contributed by atoms with Crippen molar-refractivity contribution in [3.05, 3.63) is 23.8 Å². The van der Waals surface area contributed by atoms with Crippen molar-refractivity contribution >= 4 is 23.4 Å². The van der Waals surface area contributed by atoms with E-state index in [1.54, 1.807) is 0 Å². The largest absolute Gasteiger partial charge is 0.383 e. The minimum atomic E-state index is -0.279. The molecule has 1 aromatic carbocycles. The highest BCUT2D eigenvalue weighted by Gasteiger charge is 2.09. The second kappa shape index (κ2) is 3.92. The molecule has 0 aromatic heterocycles. The summed E-state index contributed by atoms with van der Waals surface area (Å²) >= 11 is 1.82. The number of amides is 1. The van der Waals surface area contributed by atoms with Crippen LogP contribution < -0.4 is 11.1 Å². The molecule has 0 fully saturated rings. The van der Waals surface area contributed by atoms with E-state index in [0.717, 1.165) is 23.5 Å². The Kier molecular flexibility index (Phi) is 2.63. The van der Waals surface area contributed by atoms with E-state index in [4.69, 9.17) is 5.73 Å². The van der Waals surface area contributed by atoms with E-state index in [-0.39, 0.29) is 5.91 Å². The van der Waals surface area contributed by atoms with Gasteiger partial charge >= 0.3 is 0 Å². The first kappa shape index (κ1) is 9.40. The van der Waals surface area contributed by atoms with Gasteiger partial charge < -0.3 is 11.1 Å². The minimum Gasteiger partial charge on any atom is -0.383 e. The molecule has 2 rings (SSSR count). The number of nitrogens with one attached hydrogen (secondary N) is 1. The number of fused-ring (bicyclic) bond motifs is 1. The van der Waals surface area contributed by atoms with Crippen LogP contribution in [0.25, 0.3) is 0 Å². The number of rotatable bonds is 2. The highest BCUT2D eigenvalue weighted by atomic mass is 32.2. The number of hydrogen-bond acceptors (Lipinski definition) is 3. The monoisotopic (exact) mass is 208 g/mol. The lowest BCUT2D eigenvalue weighted by Gasteiger charge is -2.17. The fourth-order valence-electron chi connectivity index (χ4n) is 1.49. The molecule has 4 heteroatoms. The summed E-state index contributed by atoms with van der Waals surface area (Å²) in [6, 6.07) is 6.00. The van der Waals surface area contributed by atoms with Gasteiger partial charge in [0.2, 0.25) is 5.91 Å². The molecule has 3 N–H and O–H groups in total. The number of thioether (sulfide) groups is 1. The van der Waals surface area contributed by atoms with Gasteiger partial charge in [-0.05, 0) is 17.7 Å². The van der Waals surface area contributed by atoms with Gasteiger partial charge in [0, 0.05) is 22.9 Å². The fourth-order valence-corrected chi connectivity index (χ4v) is 2.44. The third-order valence-corrected chi connectivity index (χ3v) is 3.16. The molecule has 14 heavy (non-hydrogen) atoms. The van der Waals surface area contributed by atoms with Gasteiger partial charge in [-0.3, -0.25) is 4.79 Å². The summed E-state index contributed by atoms with van der Waals surface area (Å²) in [6.45, 7) is 1.01. The van der Waals surface area contributed by atoms with Gasteiger partial charge in [-0.2, -0.15) is 0 Å². The smallest absolute Gasteiger partial charge is 0.221 e. The molecule has 0 radical (unpaired) electrons. The Morgan fingerprint density at radius 1 is 1.57 bits per heavy atom. The lowest BCUT2D eigenvalue weighted by atomic mass is 10.1. The number of primary amides is 1. The molecule has 0 spiro atoms. The van der Waals surface area contributed by atoms with Crippen LogP contribution in [0.4, 0.5) is 5.69 Å². The van der Waals surface area contributed by atoms with Gasteiger partial charge in [0.05, 0.1) is 6.42 Å². The van der Waals surface area contributed by atoms with Crippen molar-refractivity contribution < 1.29 is 4.79 Å². The summed E-state index contributed by atoms with van der Waals surface area (Å²) in [6.07, 6.45) is 0.327. The number of hydrogen-bond donors (Lipinski definition) is 2.